The Labute approximate surface area is 109 Å². The molecule has 18 heavy (non-hydrogen) atoms. The third kappa shape index (κ3) is 2.26. The van der Waals surface area contributed by atoms with Crippen LogP contribution in [0.3, 0.4) is 0 Å². The quantitative estimate of drug-likeness (QED) is 0.908. The van der Waals surface area contributed by atoms with Gasteiger partial charge in [-0.15, -0.1) is 0 Å². The zero-order valence-electron chi connectivity index (χ0n) is 9.72. The van der Waals surface area contributed by atoms with Gasteiger partial charge in [0.1, 0.15) is 5.75 Å². The van der Waals surface area contributed by atoms with Gasteiger partial charge in [-0.2, -0.15) is 0 Å². The lowest BCUT2D eigenvalue weighted by atomic mass is 10.1. The van der Waals surface area contributed by atoms with Gasteiger partial charge in [0.15, 0.2) is 0 Å². The lowest BCUT2D eigenvalue weighted by molar-refractivity contribution is -0.141. The fourth-order valence-electron chi connectivity index (χ4n) is 1.95. The summed E-state index contributed by atoms with van der Waals surface area (Å²) in [6, 6.07) is 4.94. The van der Waals surface area contributed by atoms with E-state index in [0.29, 0.717) is 16.5 Å². The average molecular weight is 270 g/mol. The number of aliphatic carboxylic acids is 1. The van der Waals surface area contributed by atoms with Crippen LogP contribution >= 0.6 is 11.6 Å². The minimum atomic E-state index is -0.953. The van der Waals surface area contributed by atoms with E-state index in [4.69, 9.17) is 21.4 Å². The number of hydrogen-bond donors (Lipinski definition) is 1. The summed E-state index contributed by atoms with van der Waals surface area (Å²) in [6.07, 6.45) is 0.0268. The van der Waals surface area contributed by atoms with Gasteiger partial charge >= 0.3 is 5.97 Å². The number of nitrogens with zero attached hydrogens (tertiary/aromatic N) is 1. The third-order valence-corrected chi connectivity index (χ3v) is 3.22. The van der Waals surface area contributed by atoms with Crippen molar-refractivity contribution in [1.82, 2.24) is 0 Å². The number of ether oxygens (including phenoxy) is 1. The molecule has 1 atom stereocenters. The number of carbonyl (C=O) groups excluding carboxylic acids is 1. The highest BCUT2D eigenvalue weighted by atomic mass is 35.5. The predicted molar refractivity (Wildman–Crippen MR) is 66.1 cm³/mol. The Bertz CT molecular complexity index is 503. The van der Waals surface area contributed by atoms with Crippen LogP contribution in [0, 0.1) is 5.92 Å². The predicted octanol–water partition coefficient (Wildman–Crippen LogP) is 1.79. The topological polar surface area (TPSA) is 66.8 Å². The minimum Gasteiger partial charge on any atom is -0.495 e. The van der Waals surface area contributed by atoms with Gasteiger partial charge in [-0.3, -0.25) is 9.59 Å². The standard InChI is InChI=1S/C12H12ClNO4/c1-18-10-3-2-8(5-9(10)13)14-6-7(12(16)17)4-11(14)15/h2-3,5,7H,4,6H2,1H3,(H,16,17)/t7-/m1/s1. The zero-order valence-corrected chi connectivity index (χ0v) is 10.5. The number of carboxylic acids is 1. The molecule has 1 saturated heterocycles. The highest BCUT2D eigenvalue weighted by Gasteiger charge is 2.35. The molecule has 0 radical (unpaired) electrons. The smallest absolute Gasteiger partial charge is 0.308 e. The molecule has 1 aliphatic heterocycles. The molecule has 5 nitrogen and oxygen atoms in total. The van der Waals surface area contributed by atoms with Crippen LogP contribution in [0.15, 0.2) is 18.2 Å². The normalized spacial score (nSPS) is 19.1. The van der Waals surface area contributed by atoms with E-state index < -0.39 is 11.9 Å². The molecule has 0 bridgehead atoms. The SMILES string of the molecule is COc1ccc(N2C[C@H](C(=O)O)CC2=O)cc1Cl. The molecule has 1 fully saturated rings. The van der Waals surface area contributed by atoms with Crippen LogP contribution in [0.4, 0.5) is 5.69 Å². The molecule has 0 aliphatic carbocycles. The fourth-order valence-corrected chi connectivity index (χ4v) is 2.20. The van der Waals surface area contributed by atoms with Gasteiger partial charge in [-0.05, 0) is 18.2 Å². The van der Waals surface area contributed by atoms with Gasteiger partial charge in [-0.25, -0.2) is 0 Å². The highest BCUT2D eigenvalue weighted by molar-refractivity contribution is 6.32. The maximum Gasteiger partial charge on any atom is 0.308 e. The Balaban J connectivity index is 2.24. The summed E-state index contributed by atoms with van der Waals surface area (Å²) in [4.78, 5) is 24.0. The van der Waals surface area contributed by atoms with Crippen molar-refractivity contribution in [3.8, 4) is 5.75 Å². The molecule has 1 N–H and O–H groups in total. The van der Waals surface area contributed by atoms with Crippen LogP contribution in [0.1, 0.15) is 6.42 Å². The first-order valence-electron chi connectivity index (χ1n) is 5.39. The van der Waals surface area contributed by atoms with Crippen molar-refractivity contribution in [2.45, 2.75) is 6.42 Å². The van der Waals surface area contributed by atoms with E-state index in [-0.39, 0.29) is 18.9 Å². The maximum atomic E-state index is 11.7. The van der Waals surface area contributed by atoms with Gasteiger partial charge < -0.3 is 14.7 Å². The molecule has 0 unspecified atom stereocenters. The van der Waals surface area contributed by atoms with Crippen molar-refractivity contribution in [1.29, 1.82) is 0 Å². The van der Waals surface area contributed by atoms with Crippen molar-refractivity contribution < 1.29 is 19.4 Å². The monoisotopic (exact) mass is 269 g/mol. The Hall–Kier alpha value is -1.75. The lowest BCUT2D eigenvalue weighted by Crippen LogP contribution is -2.25. The molecule has 96 valence electrons. The van der Waals surface area contributed by atoms with Gasteiger partial charge in [-0.1, -0.05) is 11.6 Å². The first-order chi connectivity index (χ1) is 8.52. The molecule has 0 aromatic heterocycles. The van der Waals surface area contributed by atoms with E-state index in [1.807, 2.05) is 0 Å². The molecule has 2 rings (SSSR count). The van der Waals surface area contributed by atoms with Gasteiger partial charge in [0.05, 0.1) is 18.1 Å². The number of halogens is 1. The summed E-state index contributed by atoms with van der Waals surface area (Å²) in [5.74, 6) is -1.30. The van der Waals surface area contributed by atoms with Crippen molar-refractivity contribution in [3.05, 3.63) is 23.2 Å². The van der Waals surface area contributed by atoms with E-state index in [9.17, 15) is 9.59 Å². The van der Waals surface area contributed by atoms with Gasteiger partial charge in [0.25, 0.3) is 0 Å². The lowest BCUT2D eigenvalue weighted by Gasteiger charge is -2.17. The minimum absolute atomic E-state index is 0.0268. The number of amides is 1. The largest absolute Gasteiger partial charge is 0.495 e. The molecule has 1 aromatic carbocycles. The summed E-state index contributed by atoms with van der Waals surface area (Å²) in [6.45, 7) is 0.177. The van der Waals surface area contributed by atoms with Crippen molar-refractivity contribution in [2.75, 3.05) is 18.6 Å². The second-order valence-corrected chi connectivity index (χ2v) is 4.47. The molecule has 1 aliphatic rings. The highest BCUT2D eigenvalue weighted by Crippen LogP contribution is 2.32. The van der Waals surface area contributed by atoms with E-state index >= 15 is 0 Å². The molecule has 0 saturated carbocycles. The van der Waals surface area contributed by atoms with Gasteiger partial charge in [0.2, 0.25) is 5.91 Å². The second kappa shape index (κ2) is 4.86. The number of anilines is 1. The summed E-state index contributed by atoms with van der Waals surface area (Å²) in [5.41, 5.74) is 0.592. The van der Waals surface area contributed by atoms with Crippen LogP contribution in [-0.4, -0.2) is 30.6 Å². The summed E-state index contributed by atoms with van der Waals surface area (Å²) >= 11 is 5.98. The number of methoxy groups -OCH3 is 1. The maximum absolute atomic E-state index is 11.7. The van der Waals surface area contributed by atoms with E-state index in [2.05, 4.69) is 0 Å². The van der Waals surface area contributed by atoms with Crippen LogP contribution < -0.4 is 9.64 Å². The Morgan fingerprint density at radius 2 is 2.28 bits per heavy atom. The number of benzene rings is 1. The zero-order chi connectivity index (χ0) is 13.3. The van der Waals surface area contributed by atoms with Crippen molar-refractivity contribution in [2.24, 2.45) is 5.92 Å². The van der Waals surface area contributed by atoms with Crippen LogP contribution in [0.25, 0.3) is 0 Å². The molecular weight excluding hydrogens is 258 g/mol. The molecule has 1 amide bonds. The number of carbonyl (C=O) groups is 2. The first kappa shape index (κ1) is 12.7. The number of hydrogen-bond acceptors (Lipinski definition) is 3. The third-order valence-electron chi connectivity index (χ3n) is 2.92. The summed E-state index contributed by atoms with van der Waals surface area (Å²) in [7, 11) is 1.50. The molecular formula is C12H12ClNO4. The van der Waals surface area contributed by atoms with Crippen LogP contribution in [0.2, 0.25) is 5.02 Å². The summed E-state index contributed by atoms with van der Waals surface area (Å²) in [5, 5.41) is 9.30. The Morgan fingerprint density at radius 1 is 1.56 bits per heavy atom. The molecule has 0 spiro atoms. The van der Waals surface area contributed by atoms with E-state index in [1.54, 1.807) is 18.2 Å². The van der Waals surface area contributed by atoms with Crippen molar-refractivity contribution >= 4 is 29.2 Å². The summed E-state index contributed by atoms with van der Waals surface area (Å²) < 4.78 is 5.02. The first-order valence-corrected chi connectivity index (χ1v) is 5.77. The average Bonchev–Trinajstić information content (AvgIpc) is 2.71. The molecule has 1 heterocycles. The van der Waals surface area contributed by atoms with Crippen molar-refractivity contribution in [3.63, 3.8) is 0 Å². The number of rotatable bonds is 3. The van der Waals surface area contributed by atoms with E-state index in [1.165, 1.54) is 12.0 Å². The van der Waals surface area contributed by atoms with Crippen LogP contribution in [-0.2, 0) is 9.59 Å². The Kier molecular flexibility index (Phi) is 3.43. The van der Waals surface area contributed by atoms with E-state index in [0.717, 1.165) is 0 Å². The number of carboxylic acid groups (broad SMARTS) is 1. The van der Waals surface area contributed by atoms with Gasteiger partial charge in [0, 0.05) is 18.7 Å². The van der Waals surface area contributed by atoms with Crippen LogP contribution in [0.5, 0.6) is 5.75 Å². The second-order valence-electron chi connectivity index (χ2n) is 4.06. The fraction of sp³-hybridized carbons (Fsp3) is 0.333. The molecule has 6 heteroatoms. The Morgan fingerprint density at radius 3 is 2.78 bits per heavy atom. The molecule has 1 aromatic rings.